The van der Waals surface area contributed by atoms with Crippen molar-refractivity contribution in [2.45, 2.75) is 90.0 Å². The molecule has 5 N–H and O–H groups in total. The molecule has 0 spiro atoms. The Bertz CT molecular complexity index is 715. The Morgan fingerprint density at radius 1 is 1.27 bits per heavy atom. The SMILES string of the molecule is CC/C=C(\C)[C@H](O)[C@@](C)(O)/C=C/C=C/CC[C@@H](O)CC1=C(C)C(=O)[C@@](O)([C@@H](C)O)O1. The highest BCUT2D eigenvalue weighted by atomic mass is 16.6. The summed E-state index contributed by atoms with van der Waals surface area (Å²) in [4.78, 5) is 12.1. The van der Waals surface area contributed by atoms with Gasteiger partial charge in [-0.25, -0.2) is 0 Å². The van der Waals surface area contributed by atoms with Crippen LogP contribution in [0.15, 0.2) is 47.3 Å². The molecule has 30 heavy (non-hydrogen) atoms. The molecule has 1 rings (SSSR count). The van der Waals surface area contributed by atoms with Crippen LogP contribution in [0.5, 0.6) is 0 Å². The van der Waals surface area contributed by atoms with Gasteiger partial charge in [-0.1, -0.05) is 37.3 Å². The second kappa shape index (κ2) is 11.0. The van der Waals surface area contributed by atoms with Crippen molar-refractivity contribution < 1.29 is 35.1 Å². The fourth-order valence-electron chi connectivity index (χ4n) is 3.19. The largest absolute Gasteiger partial charge is 0.456 e. The molecule has 0 aromatic rings. The molecule has 0 aliphatic carbocycles. The summed E-state index contributed by atoms with van der Waals surface area (Å²) in [5.41, 5.74) is -0.487. The third-order valence-corrected chi connectivity index (χ3v) is 5.21. The van der Waals surface area contributed by atoms with Crippen molar-refractivity contribution in [1.82, 2.24) is 0 Å². The van der Waals surface area contributed by atoms with Gasteiger partial charge in [-0.05, 0) is 52.5 Å². The van der Waals surface area contributed by atoms with Crippen molar-refractivity contribution in [3.8, 4) is 0 Å². The third kappa shape index (κ3) is 6.62. The Balaban J connectivity index is 2.53. The fraction of sp³-hybridized carbons (Fsp3) is 0.609. The van der Waals surface area contributed by atoms with Gasteiger partial charge in [0.25, 0.3) is 5.79 Å². The van der Waals surface area contributed by atoms with E-state index in [9.17, 15) is 30.3 Å². The molecular weight excluding hydrogens is 388 g/mol. The Kier molecular flexibility index (Phi) is 9.65. The van der Waals surface area contributed by atoms with Gasteiger partial charge in [-0.2, -0.15) is 0 Å². The molecule has 0 fully saturated rings. The maximum atomic E-state index is 12.1. The molecule has 0 bridgehead atoms. The highest BCUT2D eigenvalue weighted by Crippen LogP contribution is 2.34. The summed E-state index contributed by atoms with van der Waals surface area (Å²) < 4.78 is 5.24. The highest BCUT2D eigenvalue weighted by Gasteiger charge is 2.50. The van der Waals surface area contributed by atoms with Gasteiger partial charge in [0.2, 0.25) is 5.78 Å². The molecular formula is C23H36O7. The van der Waals surface area contributed by atoms with Gasteiger partial charge >= 0.3 is 0 Å². The Morgan fingerprint density at radius 3 is 2.43 bits per heavy atom. The maximum Gasteiger partial charge on any atom is 0.298 e. The molecule has 0 unspecified atom stereocenters. The number of rotatable bonds is 11. The van der Waals surface area contributed by atoms with Gasteiger partial charge in [-0.15, -0.1) is 0 Å². The highest BCUT2D eigenvalue weighted by molar-refractivity contribution is 6.03. The molecule has 0 saturated carbocycles. The summed E-state index contributed by atoms with van der Waals surface area (Å²) in [6.45, 7) is 8.02. The number of ether oxygens (including phenoxy) is 1. The lowest BCUT2D eigenvalue weighted by Gasteiger charge is -2.26. The summed E-state index contributed by atoms with van der Waals surface area (Å²) >= 11 is 0. The van der Waals surface area contributed by atoms with E-state index in [0.29, 0.717) is 18.4 Å². The summed E-state index contributed by atoms with van der Waals surface area (Å²) in [5, 5.41) is 50.5. The number of carbonyl (C=O) groups is 1. The molecule has 1 aliphatic rings. The smallest absolute Gasteiger partial charge is 0.298 e. The van der Waals surface area contributed by atoms with Crippen molar-refractivity contribution in [3.63, 3.8) is 0 Å². The minimum atomic E-state index is -2.28. The maximum absolute atomic E-state index is 12.1. The standard InChI is InChI=1S/C23H36O7/c1-6-11-15(2)20(26)22(5,28)13-10-8-7-9-12-18(25)14-19-16(3)21(27)23(29,30-19)17(4)24/h7-8,10-11,13,17-18,20,24-26,28-29H,6,9,12,14H2,1-5H3/b8-7+,13-10+,15-11+/t17-,18-,20+,22+,23-/m1/s1. The van der Waals surface area contributed by atoms with E-state index in [-0.39, 0.29) is 17.8 Å². The second-order valence-corrected chi connectivity index (χ2v) is 8.06. The minimum Gasteiger partial charge on any atom is -0.456 e. The van der Waals surface area contributed by atoms with E-state index >= 15 is 0 Å². The molecule has 1 aliphatic heterocycles. The first kappa shape index (κ1) is 26.3. The number of hydrogen-bond donors (Lipinski definition) is 5. The van der Waals surface area contributed by atoms with Crippen molar-refractivity contribution in [2.24, 2.45) is 0 Å². The molecule has 0 radical (unpaired) electrons. The van der Waals surface area contributed by atoms with Crippen LogP contribution in [-0.4, -0.2) is 61.0 Å². The number of aliphatic hydroxyl groups excluding tert-OH is 3. The minimum absolute atomic E-state index is 0.0558. The van der Waals surface area contributed by atoms with Gasteiger partial charge in [0.1, 0.15) is 23.6 Å². The lowest BCUT2D eigenvalue weighted by Crippen LogP contribution is -2.47. The summed E-state index contributed by atoms with van der Waals surface area (Å²) in [6.07, 6.45) is 7.14. The van der Waals surface area contributed by atoms with Crippen LogP contribution in [0.2, 0.25) is 0 Å². The number of carbonyl (C=O) groups excluding carboxylic acids is 1. The van der Waals surface area contributed by atoms with Crippen LogP contribution < -0.4 is 0 Å². The van der Waals surface area contributed by atoms with Crippen molar-refractivity contribution in [1.29, 1.82) is 0 Å². The zero-order valence-electron chi connectivity index (χ0n) is 18.5. The molecule has 0 amide bonds. The van der Waals surface area contributed by atoms with Crippen molar-refractivity contribution in [2.75, 3.05) is 0 Å². The number of ketones is 1. The molecule has 0 aromatic carbocycles. The predicted molar refractivity (Wildman–Crippen MR) is 114 cm³/mol. The lowest BCUT2D eigenvalue weighted by molar-refractivity contribution is -0.213. The van der Waals surface area contributed by atoms with E-state index in [1.807, 2.05) is 19.1 Å². The fourth-order valence-corrected chi connectivity index (χ4v) is 3.19. The number of hydrogen-bond acceptors (Lipinski definition) is 7. The summed E-state index contributed by atoms with van der Waals surface area (Å²) in [6, 6.07) is 0. The molecule has 7 nitrogen and oxygen atoms in total. The van der Waals surface area contributed by atoms with Crippen LogP contribution in [0.4, 0.5) is 0 Å². The van der Waals surface area contributed by atoms with E-state index in [1.54, 1.807) is 19.1 Å². The average Bonchev–Trinajstić information content (AvgIpc) is 2.88. The quantitative estimate of drug-likeness (QED) is 0.254. The van der Waals surface area contributed by atoms with Gasteiger partial charge in [0.15, 0.2) is 0 Å². The lowest BCUT2D eigenvalue weighted by atomic mass is 9.92. The molecule has 0 saturated heterocycles. The normalized spacial score (nSPS) is 25.7. The van der Waals surface area contributed by atoms with E-state index < -0.39 is 35.5 Å². The van der Waals surface area contributed by atoms with Gasteiger partial charge in [-0.3, -0.25) is 4.79 Å². The summed E-state index contributed by atoms with van der Waals surface area (Å²) in [5.74, 6) is -2.79. The Labute approximate surface area is 178 Å². The van der Waals surface area contributed by atoms with Crippen LogP contribution in [0.25, 0.3) is 0 Å². The zero-order valence-corrected chi connectivity index (χ0v) is 18.5. The zero-order chi connectivity index (χ0) is 23.1. The van der Waals surface area contributed by atoms with Crippen LogP contribution in [0.1, 0.15) is 60.3 Å². The predicted octanol–water partition coefficient (Wildman–Crippen LogP) is 2.04. The molecule has 7 heteroatoms. The van der Waals surface area contributed by atoms with Crippen molar-refractivity contribution in [3.05, 3.63) is 47.3 Å². The Hall–Kier alpha value is -1.77. The Morgan fingerprint density at radius 2 is 1.90 bits per heavy atom. The molecule has 170 valence electrons. The van der Waals surface area contributed by atoms with E-state index in [4.69, 9.17) is 4.74 Å². The first-order valence-electron chi connectivity index (χ1n) is 10.3. The van der Waals surface area contributed by atoms with Crippen molar-refractivity contribution >= 4 is 5.78 Å². The van der Waals surface area contributed by atoms with E-state index in [0.717, 1.165) is 6.42 Å². The number of Topliss-reactive ketones (excluding diaryl/α,β-unsaturated/α-hetero) is 1. The number of allylic oxidation sites excluding steroid dienone is 4. The van der Waals surface area contributed by atoms with Gasteiger partial charge in [0.05, 0.1) is 6.10 Å². The third-order valence-electron chi connectivity index (χ3n) is 5.21. The average molecular weight is 425 g/mol. The summed E-state index contributed by atoms with van der Waals surface area (Å²) in [7, 11) is 0. The monoisotopic (exact) mass is 424 g/mol. The van der Waals surface area contributed by atoms with Gasteiger partial charge < -0.3 is 30.3 Å². The van der Waals surface area contributed by atoms with Gasteiger partial charge in [0, 0.05) is 12.0 Å². The second-order valence-electron chi connectivity index (χ2n) is 8.06. The van der Waals surface area contributed by atoms with E-state index in [2.05, 4.69) is 0 Å². The molecule has 5 atom stereocenters. The first-order valence-corrected chi connectivity index (χ1v) is 10.3. The first-order chi connectivity index (χ1) is 13.9. The number of aliphatic hydroxyl groups is 5. The molecule has 1 heterocycles. The van der Waals surface area contributed by atoms with E-state index in [1.165, 1.54) is 26.8 Å². The molecule has 0 aromatic heterocycles. The van der Waals surface area contributed by atoms with Crippen LogP contribution in [0.3, 0.4) is 0 Å². The van der Waals surface area contributed by atoms with Crippen LogP contribution >= 0.6 is 0 Å². The van der Waals surface area contributed by atoms with Crippen LogP contribution in [0, 0.1) is 0 Å². The topological polar surface area (TPSA) is 127 Å². The van der Waals surface area contributed by atoms with Crippen LogP contribution in [-0.2, 0) is 9.53 Å².